The summed E-state index contributed by atoms with van der Waals surface area (Å²) in [6.07, 6.45) is 9.64. The first-order valence-electron chi connectivity index (χ1n) is 4.96. The molecule has 0 aromatic carbocycles. The van der Waals surface area contributed by atoms with Crippen LogP contribution in [0, 0.1) is 12.3 Å². The Morgan fingerprint density at radius 3 is 2.38 bits per heavy atom. The third-order valence-electron chi connectivity index (χ3n) is 2.01. The van der Waals surface area contributed by atoms with E-state index >= 15 is 0 Å². The SMILES string of the molecule is C#CC(C)(C)NCCCCCCO. The van der Waals surface area contributed by atoms with Crippen LogP contribution in [0.3, 0.4) is 0 Å². The van der Waals surface area contributed by atoms with E-state index in [0.717, 1.165) is 32.2 Å². The van der Waals surface area contributed by atoms with Crippen LogP contribution in [0.4, 0.5) is 0 Å². The molecule has 0 radical (unpaired) electrons. The van der Waals surface area contributed by atoms with Gasteiger partial charge in [-0.2, -0.15) is 0 Å². The van der Waals surface area contributed by atoms with Gasteiger partial charge in [-0.3, -0.25) is 0 Å². The second-order valence-corrected chi connectivity index (χ2v) is 3.83. The lowest BCUT2D eigenvalue weighted by molar-refractivity contribution is 0.282. The van der Waals surface area contributed by atoms with E-state index in [0.29, 0.717) is 6.61 Å². The molecule has 0 saturated heterocycles. The van der Waals surface area contributed by atoms with Crippen LogP contribution >= 0.6 is 0 Å². The van der Waals surface area contributed by atoms with Crippen LogP contribution in [0.15, 0.2) is 0 Å². The molecule has 0 unspecified atom stereocenters. The van der Waals surface area contributed by atoms with Gasteiger partial charge in [0.2, 0.25) is 0 Å². The molecule has 0 bridgehead atoms. The van der Waals surface area contributed by atoms with Crippen LogP contribution in [0.2, 0.25) is 0 Å². The maximum Gasteiger partial charge on any atom is 0.0741 e. The molecule has 0 aromatic heterocycles. The molecule has 2 heteroatoms. The number of unbranched alkanes of at least 4 members (excludes halogenated alkanes) is 3. The minimum atomic E-state index is -0.184. The van der Waals surface area contributed by atoms with Crippen molar-refractivity contribution in [3.05, 3.63) is 0 Å². The standard InChI is InChI=1S/C11H21NO/c1-4-11(2,3)12-9-7-5-6-8-10-13/h1,12-13H,5-10H2,2-3H3. The van der Waals surface area contributed by atoms with Crippen LogP contribution in [0.25, 0.3) is 0 Å². The smallest absolute Gasteiger partial charge is 0.0741 e. The Bertz CT molecular complexity index is 158. The summed E-state index contributed by atoms with van der Waals surface area (Å²) in [6.45, 7) is 5.27. The fraction of sp³-hybridized carbons (Fsp3) is 0.818. The Morgan fingerprint density at radius 1 is 1.23 bits per heavy atom. The second kappa shape index (κ2) is 6.94. The molecule has 76 valence electrons. The van der Waals surface area contributed by atoms with E-state index in [2.05, 4.69) is 11.2 Å². The lowest BCUT2D eigenvalue weighted by Gasteiger charge is -2.19. The first-order valence-corrected chi connectivity index (χ1v) is 4.96. The normalized spacial score (nSPS) is 11.2. The Balaban J connectivity index is 3.22. The molecule has 2 nitrogen and oxygen atoms in total. The van der Waals surface area contributed by atoms with Gasteiger partial charge in [0.05, 0.1) is 5.54 Å². The molecule has 0 saturated carbocycles. The molecule has 0 aromatic rings. The lowest BCUT2D eigenvalue weighted by atomic mass is 10.1. The average Bonchev–Trinajstić information content (AvgIpc) is 2.11. The zero-order valence-corrected chi connectivity index (χ0v) is 8.77. The van der Waals surface area contributed by atoms with E-state index in [1.807, 2.05) is 13.8 Å². The molecule has 0 rings (SSSR count). The summed E-state index contributed by atoms with van der Waals surface area (Å²) in [5.74, 6) is 2.69. The topological polar surface area (TPSA) is 32.3 Å². The van der Waals surface area contributed by atoms with Gasteiger partial charge in [-0.15, -0.1) is 6.42 Å². The summed E-state index contributed by atoms with van der Waals surface area (Å²) in [5, 5.41) is 11.8. The average molecular weight is 183 g/mol. The summed E-state index contributed by atoms with van der Waals surface area (Å²) >= 11 is 0. The third kappa shape index (κ3) is 7.83. The monoisotopic (exact) mass is 183 g/mol. The molecule has 0 fully saturated rings. The van der Waals surface area contributed by atoms with Crippen molar-refractivity contribution in [2.75, 3.05) is 13.2 Å². The van der Waals surface area contributed by atoms with Gasteiger partial charge in [0.25, 0.3) is 0 Å². The molecule has 0 aliphatic heterocycles. The number of hydrogen-bond donors (Lipinski definition) is 2. The maximum atomic E-state index is 8.55. The molecule has 0 aliphatic rings. The van der Waals surface area contributed by atoms with Crippen LogP contribution in [-0.2, 0) is 0 Å². The van der Waals surface area contributed by atoms with Gasteiger partial charge >= 0.3 is 0 Å². The molecule has 0 heterocycles. The summed E-state index contributed by atoms with van der Waals surface area (Å²) in [5.41, 5.74) is -0.184. The van der Waals surface area contributed by atoms with E-state index in [-0.39, 0.29) is 5.54 Å². The zero-order valence-electron chi connectivity index (χ0n) is 8.77. The summed E-state index contributed by atoms with van der Waals surface area (Å²) in [7, 11) is 0. The van der Waals surface area contributed by atoms with Crippen LogP contribution in [0.1, 0.15) is 39.5 Å². The minimum absolute atomic E-state index is 0.184. The van der Waals surface area contributed by atoms with Crippen LogP contribution in [-0.4, -0.2) is 23.8 Å². The van der Waals surface area contributed by atoms with E-state index in [1.54, 1.807) is 0 Å². The Labute approximate surface area is 81.7 Å². The van der Waals surface area contributed by atoms with E-state index < -0.39 is 0 Å². The van der Waals surface area contributed by atoms with Crippen molar-refractivity contribution in [3.63, 3.8) is 0 Å². The summed E-state index contributed by atoms with van der Waals surface area (Å²) in [6, 6.07) is 0. The molecule has 13 heavy (non-hydrogen) atoms. The molecule has 0 aliphatic carbocycles. The largest absolute Gasteiger partial charge is 0.396 e. The van der Waals surface area contributed by atoms with Gasteiger partial charge in [0.15, 0.2) is 0 Å². The van der Waals surface area contributed by atoms with Gasteiger partial charge < -0.3 is 10.4 Å². The van der Waals surface area contributed by atoms with Gasteiger partial charge in [-0.25, -0.2) is 0 Å². The van der Waals surface area contributed by atoms with Gasteiger partial charge in [0.1, 0.15) is 0 Å². The van der Waals surface area contributed by atoms with Crippen LogP contribution in [0.5, 0.6) is 0 Å². The molecule has 0 spiro atoms. The minimum Gasteiger partial charge on any atom is -0.396 e. The number of aliphatic hydroxyl groups excluding tert-OH is 1. The van der Waals surface area contributed by atoms with Crippen molar-refractivity contribution in [2.45, 2.75) is 45.1 Å². The summed E-state index contributed by atoms with van der Waals surface area (Å²) < 4.78 is 0. The number of nitrogens with one attached hydrogen (secondary N) is 1. The second-order valence-electron chi connectivity index (χ2n) is 3.83. The Kier molecular flexibility index (Phi) is 6.66. The quantitative estimate of drug-likeness (QED) is 0.463. The molecule has 2 N–H and O–H groups in total. The van der Waals surface area contributed by atoms with Crippen molar-refractivity contribution < 1.29 is 5.11 Å². The molecule has 0 atom stereocenters. The third-order valence-corrected chi connectivity index (χ3v) is 2.01. The van der Waals surface area contributed by atoms with Crippen molar-refractivity contribution in [1.29, 1.82) is 0 Å². The molecular formula is C11H21NO. The lowest BCUT2D eigenvalue weighted by Crippen LogP contribution is -2.38. The maximum absolute atomic E-state index is 8.55. The number of rotatable bonds is 7. The Morgan fingerprint density at radius 2 is 1.85 bits per heavy atom. The Hall–Kier alpha value is -0.520. The fourth-order valence-electron chi connectivity index (χ4n) is 1.04. The van der Waals surface area contributed by atoms with E-state index in [1.165, 1.54) is 0 Å². The van der Waals surface area contributed by atoms with Crippen molar-refractivity contribution in [2.24, 2.45) is 0 Å². The van der Waals surface area contributed by atoms with E-state index in [4.69, 9.17) is 11.5 Å². The highest BCUT2D eigenvalue weighted by Gasteiger charge is 2.10. The first kappa shape index (κ1) is 12.5. The number of terminal acetylenes is 1. The highest BCUT2D eigenvalue weighted by Crippen LogP contribution is 2.01. The predicted octanol–water partition coefficient (Wildman–Crippen LogP) is 1.54. The highest BCUT2D eigenvalue weighted by atomic mass is 16.2. The van der Waals surface area contributed by atoms with Crippen LogP contribution < -0.4 is 5.32 Å². The number of aliphatic hydroxyl groups is 1. The number of hydrogen-bond acceptors (Lipinski definition) is 2. The fourth-order valence-corrected chi connectivity index (χ4v) is 1.04. The predicted molar refractivity (Wildman–Crippen MR) is 56.5 cm³/mol. The highest BCUT2D eigenvalue weighted by molar-refractivity contribution is 5.07. The van der Waals surface area contributed by atoms with Crippen molar-refractivity contribution in [1.82, 2.24) is 5.32 Å². The van der Waals surface area contributed by atoms with Gasteiger partial charge in [0, 0.05) is 6.61 Å². The summed E-state index contributed by atoms with van der Waals surface area (Å²) in [4.78, 5) is 0. The first-order chi connectivity index (χ1) is 6.12. The van der Waals surface area contributed by atoms with Crippen molar-refractivity contribution in [3.8, 4) is 12.3 Å². The van der Waals surface area contributed by atoms with E-state index in [9.17, 15) is 0 Å². The van der Waals surface area contributed by atoms with Gasteiger partial charge in [-0.1, -0.05) is 18.8 Å². The molecule has 0 amide bonds. The van der Waals surface area contributed by atoms with Gasteiger partial charge in [-0.05, 0) is 33.2 Å². The zero-order chi connectivity index (χ0) is 10.2. The molecular weight excluding hydrogens is 162 g/mol. The van der Waals surface area contributed by atoms with Crippen molar-refractivity contribution >= 4 is 0 Å².